The lowest BCUT2D eigenvalue weighted by Gasteiger charge is -2.04. The second-order valence-electron chi connectivity index (χ2n) is 3.61. The van der Waals surface area contributed by atoms with Crippen LogP contribution in [0.2, 0.25) is 0 Å². The molecule has 0 unspecified atom stereocenters. The second kappa shape index (κ2) is 10.1. The highest BCUT2D eigenvalue weighted by Crippen LogP contribution is 2.15. The summed E-state index contributed by atoms with van der Waals surface area (Å²) < 4.78 is 0. The summed E-state index contributed by atoms with van der Waals surface area (Å²) in [6.45, 7) is 2.27. The number of unbranched alkanes of at least 4 members (excludes halogenated alkanes) is 1. The topological polar surface area (TPSA) is 12.0 Å². The van der Waals surface area contributed by atoms with Crippen LogP contribution in [0.15, 0.2) is 35.2 Å². The van der Waals surface area contributed by atoms with Gasteiger partial charge >= 0.3 is 0 Å². The van der Waals surface area contributed by atoms with Crippen LogP contribution in [-0.2, 0) is 0 Å². The van der Waals surface area contributed by atoms with Gasteiger partial charge < -0.3 is 5.32 Å². The van der Waals surface area contributed by atoms with Crippen LogP contribution in [0.1, 0.15) is 12.8 Å². The zero-order valence-corrected chi connectivity index (χ0v) is 11.6. The minimum Gasteiger partial charge on any atom is -0.316 e. The largest absolute Gasteiger partial charge is 0.316 e. The van der Waals surface area contributed by atoms with Gasteiger partial charge in [0.25, 0.3) is 0 Å². The van der Waals surface area contributed by atoms with E-state index in [9.17, 15) is 0 Å². The van der Waals surface area contributed by atoms with Crippen molar-refractivity contribution >= 4 is 23.5 Å². The molecular weight excluding hydrogens is 234 g/mol. The molecule has 0 atom stereocenters. The van der Waals surface area contributed by atoms with Crippen LogP contribution in [0.3, 0.4) is 0 Å². The van der Waals surface area contributed by atoms with Gasteiger partial charge in [-0.1, -0.05) is 18.2 Å². The molecule has 0 radical (unpaired) electrons. The van der Waals surface area contributed by atoms with Gasteiger partial charge in [0, 0.05) is 17.2 Å². The highest BCUT2D eigenvalue weighted by molar-refractivity contribution is 7.99. The van der Waals surface area contributed by atoms with Gasteiger partial charge in [-0.25, -0.2) is 0 Å². The monoisotopic (exact) mass is 255 g/mol. The minimum absolute atomic E-state index is 1.11. The van der Waals surface area contributed by atoms with Gasteiger partial charge in [-0.05, 0) is 43.5 Å². The first-order valence-electron chi connectivity index (χ1n) is 5.81. The van der Waals surface area contributed by atoms with Gasteiger partial charge in [0.05, 0.1) is 0 Å². The van der Waals surface area contributed by atoms with Crippen molar-refractivity contribution in [2.45, 2.75) is 17.7 Å². The fraction of sp³-hybridized carbons (Fsp3) is 0.538. The summed E-state index contributed by atoms with van der Waals surface area (Å²) in [6, 6.07) is 10.6. The Morgan fingerprint density at radius 3 is 2.56 bits per heavy atom. The molecule has 1 rings (SSSR count). The van der Waals surface area contributed by atoms with E-state index in [1.807, 2.05) is 23.5 Å². The van der Waals surface area contributed by atoms with Gasteiger partial charge in [-0.2, -0.15) is 11.8 Å². The molecule has 0 bridgehead atoms. The summed E-state index contributed by atoms with van der Waals surface area (Å²) in [4.78, 5) is 1.37. The molecule has 1 aromatic rings. The Balaban J connectivity index is 1.89. The van der Waals surface area contributed by atoms with Crippen LogP contribution in [0.5, 0.6) is 0 Å². The molecule has 0 aliphatic heterocycles. The zero-order chi connectivity index (χ0) is 11.5. The van der Waals surface area contributed by atoms with E-state index < -0.39 is 0 Å². The maximum atomic E-state index is 3.48. The summed E-state index contributed by atoms with van der Waals surface area (Å²) in [5, 5.41) is 3.48. The number of benzene rings is 1. The maximum Gasteiger partial charge on any atom is 0.0106 e. The van der Waals surface area contributed by atoms with Crippen molar-refractivity contribution in [2.75, 3.05) is 30.9 Å². The molecule has 0 aromatic heterocycles. The van der Waals surface area contributed by atoms with Crippen LogP contribution >= 0.6 is 23.5 Å². The van der Waals surface area contributed by atoms with Gasteiger partial charge in [0.2, 0.25) is 0 Å². The highest BCUT2D eigenvalue weighted by atomic mass is 32.2. The number of nitrogens with one attached hydrogen (secondary N) is 1. The molecule has 0 heterocycles. The van der Waals surface area contributed by atoms with Crippen molar-refractivity contribution in [3.63, 3.8) is 0 Å². The molecule has 1 N–H and O–H groups in total. The standard InChI is InChI=1S/C13H21NS2/c1-15-11-6-5-9-14-10-12-16-13-7-3-2-4-8-13/h2-4,7-8,14H,5-6,9-12H2,1H3. The number of thioether (sulfide) groups is 2. The van der Waals surface area contributed by atoms with Crippen molar-refractivity contribution < 1.29 is 0 Å². The molecule has 3 heteroatoms. The lowest BCUT2D eigenvalue weighted by molar-refractivity contribution is 0.669. The second-order valence-corrected chi connectivity index (χ2v) is 5.77. The maximum absolute atomic E-state index is 3.48. The lowest BCUT2D eigenvalue weighted by Crippen LogP contribution is -2.18. The quantitative estimate of drug-likeness (QED) is 0.536. The van der Waals surface area contributed by atoms with Crippen molar-refractivity contribution in [3.05, 3.63) is 30.3 Å². The summed E-state index contributed by atoms with van der Waals surface area (Å²) in [5.41, 5.74) is 0. The van der Waals surface area contributed by atoms with E-state index in [4.69, 9.17) is 0 Å². The van der Waals surface area contributed by atoms with Crippen molar-refractivity contribution in [2.24, 2.45) is 0 Å². The van der Waals surface area contributed by atoms with Gasteiger partial charge in [-0.3, -0.25) is 0 Å². The van der Waals surface area contributed by atoms with Crippen LogP contribution in [0, 0.1) is 0 Å². The molecule has 0 aliphatic carbocycles. The molecule has 1 nitrogen and oxygen atoms in total. The molecule has 90 valence electrons. The Labute approximate surface area is 108 Å². The first kappa shape index (κ1) is 13.9. The zero-order valence-electron chi connectivity index (χ0n) is 9.95. The van der Waals surface area contributed by atoms with Crippen LogP contribution in [0.25, 0.3) is 0 Å². The molecule has 0 fully saturated rings. The molecule has 0 amide bonds. The Bertz CT molecular complexity index is 251. The Morgan fingerprint density at radius 2 is 1.81 bits per heavy atom. The van der Waals surface area contributed by atoms with Crippen molar-refractivity contribution in [3.8, 4) is 0 Å². The van der Waals surface area contributed by atoms with Crippen LogP contribution in [0.4, 0.5) is 0 Å². The summed E-state index contributed by atoms with van der Waals surface area (Å²) in [5.74, 6) is 2.45. The molecule has 0 saturated heterocycles. The van der Waals surface area contributed by atoms with Gasteiger partial charge in [0.15, 0.2) is 0 Å². The predicted molar refractivity (Wildman–Crippen MR) is 77.7 cm³/mol. The minimum atomic E-state index is 1.11. The third kappa shape index (κ3) is 7.20. The summed E-state index contributed by atoms with van der Waals surface area (Å²) in [7, 11) is 0. The molecular formula is C13H21NS2. The predicted octanol–water partition coefficient (Wildman–Crippen LogP) is 3.51. The number of rotatable bonds is 9. The SMILES string of the molecule is CSCCCCNCCSc1ccccc1. The molecule has 1 aromatic carbocycles. The first-order chi connectivity index (χ1) is 7.93. The van der Waals surface area contributed by atoms with E-state index in [-0.39, 0.29) is 0 Å². The van der Waals surface area contributed by atoms with E-state index in [0.717, 1.165) is 18.8 Å². The smallest absolute Gasteiger partial charge is 0.0106 e. The van der Waals surface area contributed by atoms with Crippen molar-refractivity contribution in [1.29, 1.82) is 0 Å². The average molecular weight is 255 g/mol. The Morgan fingerprint density at radius 1 is 1.00 bits per heavy atom. The Kier molecular flexibility index (Phi) is 8.77. The normalized spacial score (nSPS) is 10.6. The third-order valence-electron chi connectivity index (χ3n) is 2.24. The van der Waals surface area contributed by atoms with Crippen LogP contribution < -0.4 is 5.32 Å². The first-order valence-corrected chi connectivity index (χ1v) is 8.19. The van der Waals surface area contributed by atoms with Crippen molar-refractivity contribution in [1.82, 2.24) is 5.32 Å². The molecule has 0 aliphatic rings. The van der Waals surface area contributed by atoms with E-state index in [2.05, 4.69) is 41.9 Å². The lowest BCUT2D eigenvalue weighted by atomic mass is 10.3. The van der Waals surface area contributed by atoms with Crippen LogP contribution in [-0.4, -0.2) is 30.9 Å². The Hall–Kier alpha value is -0.120. The van der Waals surface area contributed by atoms with Gasteiger partial charge in [0.1, 0.15) is 0 Å². The molecule has 0 saturated carbocycles. The number of hydrogen-bond donors (Lipinski definition) is 1. The fourth-order valence-electron chi connectivity index (χ4n) is 1.38. The average Bonchev–Trinajstić information content (AvgIpc) is 2.34. The van der Waals surface area contributed by atoms with E-state index in [0.29, 0.717) is 0 Å². The van der Waals surface area contributed by atoms with E-state index in [1.165, 1.54) is 23.5 Å². The summed E-state index contributed by atoms with van der Waals surface area (Å²) >= 11 is 3.86. The highest BCUT2D eigenvalue weighted by Gasteiger charge is 1.92. The molecule has 16 heavy (non-hydrogen) atoms. The van der Waals surface area contributed by atoms with E-state index >= 15 is 0 Å². The molecule has 0 spiro atoms. The third-order valence-corrected chi connectivity index (χ3v) is 3.95. The van der Waals surface area contributed by atoms with E-state index in [1.54, 1.807) is 0 Å². The summed E-state index contributed by atoms with van der Waals surface area (Å²) in [6.07, 6.45) is 4.81. The van der Waals surface area contributed by atoms with Gasteiger partial charge in [-0.15, -0.1) is 11.8 Å². The fourth-order valence-corrected chi connectivity index (χ4v) is 2.70. The number of hydrogen-bond acceptors (Lipinski definition) is 3.